The highest BCUT2D eigenvalue weighted by Crippen LogP contribution is 2.13. The minimum Gasteiger partial charge on any atom is -0.370 e. The molecule has 0 aliphatic rings. The van der Waals surface area contributed by atoms with E-state index >= 15 is 0 Å². The summed E-state index contributed by atoms with van der Waals surface area (Å²) in [5, 5.41) is 3.46. The Kier molecular flexibility index (Phi) is 27.2. The third-order valence-electron chi connectivity index (χ3n) is 5.01. The summed E-state index contributed by atoms with van der Waals surface area (Å²) in [7, 11) is 0. The second-order valence-electron chi connectivity index (χ2n) is 7.71. The Morgan fingerprint density at radius 3 is 1.37 bits per heavy atom. The Hall–Kier alpha value is -0.480. The summed E-state index contributed by atoms with van der Waals surface area (Å²) in [5.41, 5.74) is 10.6. The molecule has 0 atom stereocenters. The average molecular weight is 405 g/mol. The molecule has 0 bridgehead atoms. The molecule has 0 aliphatic heterocycles. The third kappa shape index (κ3) is 27.8. The maximum atomic E-state index is 5.28. The fraction of sp³-hybridized carbons (Fsp3) is 0.955. The second-order valence-corrected chi connectivity index (χ2v) is 7.71. The standard InChI is InChI=1S/C22H48N4.ClH/c1-2-3-4-5-6-7-8-9-10-11-12-13-14-15-16-17-19-25-20-18-21-26-22(23)24;/h25H,2-21H2,1H3,(H4,23,24,26);1H. The molecule has 0 fully saturated rings. The predicted octanol–water partition coefficient (Wildman–Crippen LogP) is 5.92. The number of hydrogen-bond donors (Lipinski definition) is 3. The first kappa shape index (κ1) is 28.7. The maximum Gasteiger partial charge on any atom is 0.185 e. The van der Waals surface area contributed by atoms with Gasteiger partial charge in [-0.2, -0.15) is 0 Å². The van der Waals surface area contributed by atoms with Crippen LogP contribution in [-0.4, -0.2) is 25.6 Å². The number of rotatable bonds is 21. The van der Waals surface area contributed by atoms with Crippen LogP contribution in [0.15, 0.2) is 4.99 Å². The van der Waals surface area contributed by atoms with Crippen LogP contribution in [0.3, 0.4) is 0 Å². The molecule has 0 amide bonds. The zero-order valence-electron chi connectivity index (χ0n) is 18.2. The minimum absolute atomic E-state index is 0. The molecule has 0 heterocycles. The Balaban J connectivity index is 0. The highest BCUT2D eigenvalue weighted by Gasteiger charge is 1.95. The number of aliphatic imine (C=N–C) groups is 1. The van der Waals surface area contributed by atoms with Gasteiger partial charge < -0.3 is 16.8 Å². The normalized spacial score (nSPS) is 10.6. The molecule has 0 saturated heterocycles. The highest BCUT2D eigenvalue weighted by molar-refractivity contribution is 5.85. The fourth-order valence-electron chi connectivity index (χ4n) is 3.34. The summed E-state index contributed by atoms with van der Waals surface area (Å²) < 4.78 is 0. The molecule has 5 N–H and O–H groups in total. The van der Waals surface area contributed by atoms with E-state index in [1.54, 1.807) is 0 Å². The van der Waals surface area contributed by atoms with Crippen LogP contribution >= 0.6 is 12.4 Å². The summed E-state index contributed by atoms with van der Waals surface area (Å²) in [6.45, 7) is 5.15. The molecule has 0 aromatic carbocycles. The smallest absolute Gasteiger partial charge is 0.185 e. The summed E-state index contributed by atoms with van der Waals surface area (Å²) in [5.74, 6) is 0.197. The zero-order valence-corrected chi connectivity index (χ0v) is 19.0. The molecule has 0 spiro atoms. The Bertz CT molecular complexity index is 294. The van der Waals surface area contributed by atoms with E-state index < -0.39 is 0 Å². The summed E-state index contributed by atoms with van der Waals surface area (Å²) in [6, 6.07) is 0. The van der Waals surface area contributed by atoms with Crippen LogP contribution in [0.4, 0.5) is 0 Å². The lowest BCUT2D eigenvalue weighted by atomic mass is 10.0. The molecule has 5 heteroatoms. The molecule has 0 rings (SSSR count). The number of halogens is 1. The van der Waals surface area contributed by atoms with Gasteiger partial charge in [-0.05, 0) is 25.9 Å². The van der Waals surface area contributed by atoms with Crippen molar-refractivity contribution in [3.8, 4) is 0 Å². The molecule has 4 nitrogen and oxygen atoms in total. The lowest BCUT2D eigenvalue weighted by molar-refractivity contribution is 0.524. The lowest BCUT2D eigenvalue weighted by Crippen LogP contribution is -2.23. The quantitative estimate of drug-likeness (QED) is 0.126. The van der Waals surface area contributed by atoms with E-state index in [0.717, 1.165) is 26.1 Å². The predicted molar refractivity (Wildman–Crippen MR) is 125 cm³/mol. The van der Waals surface area contributed by atoms with Gasteiger partial charge in [-0.3, -0.25) is 4.99 Å². The van der Waals surface area contributed by atoms with E-state index in [4.69, 9.17) is 11.5 Å². The first-order valence-electron chi connectivity index (χ1n) is 11.5. The largest absolute Gasteiger partial charge is 0.370 e. The van der Waals surface area contributed by atoms with Crippen molar-refractivity contribution in [1.82, 2.24) is 5.32 Å². The number of unbranched alkanes of at least 4 members (excludes halogenated alkanes) is 15. The van der Waals surface area contributed by atoms with Gasteiger partial charge in [-0.1, -0.05) is 103 Å². The van der Waals surface area contributed by atoms with Crippen molar-refractivity contribution in [3.05, 3.63) is 0 Å². The highest BCUT2D eigenvalue weighted by atomic mass is 35.5. The monoisotopic (exact) mass is 404 g/mol. The van der Waals surface area contributed by atoms with Crippen molar-refractivity contribution in [2.75, 3.05) is 19.6 Å². The van der Waals surface area contributed by atoms with E-state index in [0.29, 0.717) is 0 Å². The Labute approximate surface area is 176 Å². The van der Waals surface area contributed by atoms with Crippen LogP contribution < -0.4 is 16.8 Å². The van der Waals surface area contributed by atoms with Gasteiger partial charge in [0.05, 0.1) is 0 Å². The van der Waals surface area contributed by atoms with Crippen molar-refractivity contribution in [2.45, 2.75) is 116 Å². The third-order valence-corrected chi connectivity index (χ3v) is 5.01. The van der Waals surface area contributed by atoms with E-state index in [-0.39, 0.29) is 18.4 Å². The van der Waals surface area contributed by atoms with E-state index in [9.17, 15) is 0 Å². The van der Waals surface area contributed by atoms with Gasteiger partial charge in [-0.25, -0.2) is 0 Å². The number of hydrogen-bond acceptors (Lipinski definition) is 2. The summed E-state index contributed by atoms with van der Waals surface area (Å²) >= 11 is 0. The summed E-state index contributed by atoms with van der Waals surface area (Å²) in [6.07, 6.45) is 23.8. The van der Waals surface area contributed by atoms with Crippen LogP contribution in [0.1, 0.15) is 116 Å². The molecule has 27 heavy (non-hydrogen) atoms. The van der Waals surface area contributed by atoms with Crippen molar-refractivity contribution in [2.24, 2.45) is 16.5 Å². The Morgan fingerprint density at radius 2 is 0.963 bits per heavy atom. The zero-order chi connectivity index (χ0) is 19.1. The Morgan fingerprint density at radius 1 is 0.593 bits per heavy atom. The van der Waals surface area contributed by atoms with E-state index in [1.165, 1.54) is 103 Å². The van der Waals surface area contributed by atoms with Gasteiger partial charge >= 0.3 is 0 Å². The van der Waals surface area contributed by atoms with Crippen molar-refractivity contribution < 1.29 is 0 Å². The maximum absolute atomic E-state index is 5.28. The topological polar surface area (TPSA) is 76.4 Å². The van der Waals surface area contributed by atoms with E-state index in [2.05, 4.69) is 17.2 Å². The molecular formula is C22H49ClN4. The van der Waals surface area contributed by atoms with Crippen LogP contribution in [0, 0.1) is 0 Å². The molecule has 164 valence electrons. The van der Waals surface area contributed by atoms with Crippen molar-refractivity contribution in [1.29, 1.82) is 0 Å². The van der Waals surface area contributed by atoms with Crippen LogP contribution in [0.5, 0.6) is 0 Å². The first-order valence-corrected chi connectivity index (χ1v) is 11.5. The number of nitrogens with one attached hydrogen (secondary N) is 1. The van der Waals surface area contributed by atoms with Crippen LogP contribution in [0.2, 0.25) is 0 Å². The number of nitrogens with zero attached hydrogens (tertiary/aromatic N) is 1. The average Bonchev–Trinajstić information content (AvgIpc) is 2.62. The molecule has 0 aliphatic carbocycles. The first-order chi connectivity index (χ1) is 12.8. The van der Waals surface area contributed by atoms with E-state index in [1.807, 2.05) is 0 Å². The molecule has 0 unspecified atom stereocenters. The molecule has 0 aromatic rings. The molecule has 0 radical (unpaired) electrons. The molecule has 0 aromatic heterocycles. The van der Waals surface area contributed by atoms with Gasteiger partial charge in [0.15, 0.2) is 5.96 Å². The number of nitrogens with two attached hydrogens (primary N) is 2. The van der Waals surface area contributed by atoms with Gasteiger partial charge in [-0.15, -0.1) is 12.4 Å². The fourth-order valence-corrected chi connectivity index (χ4v) is 3.34. The van der Waals surface area contributed by atoms with Gasteiger partial charge in [0.2, 0.25) is 0 Å². The lowest BCUT2D eigenvalue weighted by Gasteiger charge is -2.05. The van der Waals surface area contributed by atoms with Crippen molar-refractivity contribution in [3.63, 3.8) is 0 Å². The molecule has 0 saturated carbocycles. The van der Waals surface area contributed by atoms with Gasteiger partial charge in [0.25, 0.3) is 0 Å². The summed E-state index contributed by atoms with van der Waals surface area (Å²) in [4.78, 5) is 3.97. The van der Waals surface area contributed by atoms with Gasteiger partial charge in [0.1, 0.15) is 0 Å². The minimum atomic E-state index is 0. The number of guanidine groups is 1. The molecular weight excluding hydrogens is 356 g/mol. The van der Waals surface area contributed by atoms with Gasteiger partial charge in [0, 0.05) is 6.54 Å². The van der Waals surface area contributed by atoms with Crippen LogP contribution in [-0.2, 0) is 0 Å². The van der Waals surface area contributed by atoms with Crippen LogP contribution in [0.25, 0.3) is 0 Å². The van der Waals surface area contributed by atoms with Crippen molar-refractivity contribution >= 4 is 18.4 Å². The SMILES string of the molecule is CCCCCCCCCCCCCCCCCCNCCCN=C(N)N.Cl. The second kappa shape index (κ2) is 25.5.